The molecule has 2 heterocycles. The van der Waals surface area contributed by atoms with Gasteiger partial charge in [0.25, 0.3) is 0 Å². The highest BCUT2D eigenvalue weighted by atomic mass is 32.2. The molecule has 8 nitrogen and oxygen atoms in total. The van der Waals surface area contributed by atoms with Gasteiger partial charge in [-0.2, -0.15) is 0 Å². The molecule has 2 saturated heterocycles. The van der Waals surface area contributed by atoms with Gasteiger partial charge in [-0.3, -0.25) is 0 Å². The molecule has 0 amide bonds. The monoisotopic (exact) mass is 435 g/mol. The van der Waals surface area contributed by atoms with Crippen molar-refractivity contribution in [2.24, 2.45) is 0 Å². The molecular weight excluding hydrogens is 410 g/mol. The van der Waals surface area contributed by atoms with Crippen molar-refractivity contribution in [2.45, 2.75) is 48.8 Å². The van der Waals surface area contributed by atoms with E-state index in [0.717, 1.165) is 11.1 Å². The molecule has 9 heteroatoms. The first kappa shape index (κ1) is 21.4. The van der Waals surface area contributed by atoms with Gasteiger partial charge in [0.05, 0.1) is 11.5 Å². The largest absolute Gasteiger partial charge is 0.388 e. The summed E-state index contributed by atoms with van der Waals surface area (Å²) >= 11 is 0. The number of methoxy groups -OCH3 is 1. The summed E-state index contributed by atoms with van der Waals surface area (Å²) in [4.78, 5) is 0.0901. The minimum Gasteiger partial charge on any atom is -0.388 e. The number of fused-ring (bicyclic) bond motifs is 1. The number of aliphatic hydroxyl groups excluding tert-OH is 1. The van der Waals surface area contributed by atoms with Gasteiger partial charge in [0.15, 0.2) is 12.6 Å². The smallest absolute Gasteiger partial charge is 0.241 e. The van der Waals surface area contributed by atoms with Crippen LogP contribution in [0.5, 0.6) is 0 Å². The topological polar surface area (TPSA) is 103 Å². The minimum atomic E-state index is -3.91. The summed E-state index contributed by atoms with van der Waals surface area (Å²) in [5, 5.41) is 11.0. The zero-order valence-corrected chi connectivity index (χ0v) is 17.5. The van der Waals surface area contributed by atoms with Crippen LogP contribution in [-0.4, -0.2) is 57.9 Å². The zero-order valence-electron chi connectivity index (χ0n) is 16.7. The number of sulfonamides is 1. The first-order valence-corrected chi connectivity index (χ1v) is 11.1. The van der Waals surface area contributed by atoms with E-state index in [1.165, 1.54) is 19.2 Å². The number of aryl methyl sites for hydroxylation is 1. The molecule has 0 saturated carbocycles. The van der Waals surface area contributed by atoms with Crippen LogP contribution in [0.15, 0.2) is 59.5 Å². The van der Waals surface area contributed by atoms with Crippen molar-refractivity contribution in [1.29, 1.82) is 0 Å². The maximum absolute atomic E-state index is 12.9. The molecule has 0 aliphatic carbocycles. The maximum atomic E-state index is 12.9. The summed E-state index contributed by atoms with van der Waals surface area (Å²) in [6, 6.07) is 14.7. The van der Waals surface area contributed by atoms with E-state index in [2.05, 4.69) is 4.72 Å². The molecule has 0 bridgehead atoms. The molecule has 2 aliphatic heterocycles. The lowest BCUT2D eigenvalue weighted by Crippen LogP contribution is -2.66. The lowest BCUT2D eigenvalue weighted by Gasteiger charge is -2.47. The molecule has 0 radical (unpaired) electrons. The molecule has 2 fully saturated rings. The third-order valence-corrected chi connectivity index (χ3v) is 6.77. The number of benzene rings is 2. The van der Waals surface area contributed by atoms with Crippen LogP contribution in [0.1, 0.15) is 17.4 Å². The van der Waals surface area contributed by atoms with Crippen LogP contribution in [0, 0.1) is 6.92 Å². The molecule has 30 heavy (non-hydrogen) atoms. The van der Waals surface area contributed by atoms with Gasteiger partial charge in [0, 0.05) is 12.7 Å². The van der Waals surface area contributed by atoms with Crippen molar-refractivity contribution >= 4 is 10.0 Å². The quantitative estimate of drug-likeness (QED) is 0.733. The van der Waals surface area contributed by atoms with Crippen molar-refractivity contribution in [3.63, 3.8) is 0 Å². The van der Waals surface area contributed by atoms with Gasteiger partial charge in [-0.1, -0.05) is 48.0 Å². The van der Waals surface area contributed by atoms with Crippen LogP contribution in [-0.2, 0) is 29.0 Å². The van der Waals surface area contributed by atoms with Crippen LogP contribution >= 0.6 is 0 Å². The number of ether oxygens (including phenoxy) is 4. The van der Waals surface area contributed by atoms with Gasteiger partial charge in [-0.25, -0.2) is 13.1 Å². The molecule has 2 aromatic rings. The van der Waals surface area contributed by atoms with Gasteiger partial charge in [0.2, 0.25) is 10.0 Å². The first-order chi connectivity index (χ1) is 14.4. The van der Waals surface area contributed by atoms with E-state index in [4.69, 9.17) is 18.9 Å². The molecule has 0 aromatic heterocycles. The van der Waals surface area contributed by atoms with Crippen molar-refractivity contribution in [1.82, 2.24) is 4.72 Å². The van der Waals surface area contributed by atoms with E-state index in [1.54, 1.807) is 12.1 Å². The number of rotatable bonds is 5. The first-order valence-electron chi connectivity index (χ1n) is 9.66. The fraction of sp³-hybridized carbons (Fsp3) is 0.429. The Hall–Kier alpha value is -1.85. The molecule has 2 aromatic carbocycles. The Bertz CT molecular complexity index is 951. The molecule has 162 valence electrons. The fourth-order valence-electron chi connectivity index (χ4n) is 3.66. The van der Waals surface area contributed by atoms with E-state index in [0.29, 0.717) is 0 Å². The number of aliphatic hydroxyl groups is 1. The minimum absolute atomic E-state index is 0.0901. The summed E-state index contributed by atoms with van der Waals surface area (Å²) in [5.41, 5.74) is 1.74. The predicted octanol–water partition coefficient (Wildman–Crippen LogP) is 1.49. The van der Waals surface area contributed by atoms with Crippen molar-refractivity contribution in [2.75, 3.05) is 13.7 Å². The van der Waals surface area contributed by atoms with Crippen LogP contribution in [0.3, 0.4) is 0 Å². The average molecular weight is 435 g/mol. The second-order valence-electron chi connectivity index (χ2n) is 7.41. The number of hydrogen-bond donors (Lipinski definition) is 2. The predicted molar refractivity (Wildman–Crippen MR) is 107 cm³/mol. The SMILES string of the molecule is CO[C@H]1OC2COC(c3ccccc3)O[C@H]2[C@@H](O)C1NS(=O)(=O)c1ccc(C)cc1. The Kier molecular flexibility index (Phi) is 6.21. The second-order valence-corrected chi connectivity index (χ2v) is 9.12. The summed E-state index contributed by atoms with van der Waals surface area (Å²) in [6.07, 6.45) is -4.27. The third-order valence-electron chi connectivity index (χ3n) is 5.29. The third kappa shape index (κ3) is 4.28. The van der Waals surface area contributed by atoms with Crippen molar-refractivity contribution in [3.05, 3.63) is 65.7 Å². The van der Waals surface area contributed by atoms with Gasteiger partial charge in [-0.15, -0.1) is 0 Å². The summed E-state index contributed by atoms with van der Waals surface area (Å²) in [5.74, 6) is 0. The normalized spacial score (nSPS) is 31.8. The van der Waals surface area contributed by atoms with E-state index in [9.17, 15) is 13.5 Å². The summed E-state index contributed by atoms with van der Waals surface area (Å²) in [6.45, 7) is 2.05. The molecule has 2 aliphatic rings. The second kappa shape index (κ2) is 8.72. The Balaban J connectivity index is 1.55. The van der Waals surface area contributed by atoms with Crippen LogP contribution in [0.25, 0.3) is 0 Å². The Labute approximate surface area is 175 Å². The highest BCUT2D eigenvalue weighted by molar-refractivity contribution is 7.89. The van der Waals surface area contributed by atoms with Gasteiger partial charge in [0.1, 0.15) is 24.4 Å². The van der Waals surface area contributed by atoms with E-state index >= 15 is 0 Å². The lowest BCUT2D eigenvalue weighted by molar-refractivity contribution is -0.340. The van der Waals surface area contributed by atoms with Crippen LogP contribution in [0.2, 0.25) is 0 Å². The molecule has 4 rings (SSSR count). The van der Waals surface area contributed by atoms with Crippen LogP contribution < -0.4 is 4.72 Å². The average Bonchev–Trinajstić information content (AvgIpc) is 2.76. The lowest BCUT2D eigenvalue weighted by atomic mass is 9.96. The number of hydrogen-bond acceptors (Lipinski definition) is 7. The summed E-state index contributed by atoms with van der Waals surface area (Å²) in [7, 11) is -2.52. The van der Waals surface area contributed by atoms with Crippen LogP contribution in [0.4, 0.5) is 0 Å². The van der Waals surface area contributed by atoms with Gasteiger partial charge >= 0.3 is 0 Å². The molecule has 2 N–H and O–H groups in total. The van der Waals surface area contributed by atoms with Crippen molar-refractivity contribution in [3.8, 4) is 0 Å². The van der Waals surface area contributed by atoms with E-state index in [-0.39, 0.29) is 11.5 Å². The summed E-state index contributed by atoms with van der Waals surface area (Å²) < 4.78 is 51.1. The van der Waals surface area contributed by atoms with E-state index < -0.39 is 47.0 Å². The van der Waals surface area contributed by atoms with E-state index in [1.807, 2.05) is 37.3 Å². The van der Waals surface area contributed by atoms with Gasteiger partial charge < -0.3 is 24.1 Å². The Morgan fingerprint density at radius 3 is 2.43 bits per heavy atom. The number of nitrogens with one attached hydrogen (secondary N) is 1. The molecule has 6 atom stereocenters. The molecular formula is C21H25NO7S. The Morgan fingerprint density at radius 1 is 1.07 bits per heavy atom. The van der Waals surface area contributed by atoms with Gasteiger partial charge in [-0.05, 0) is 19.1 Å². The Morgan fingerprint density at radius 2 is 1.77 bits per heavy atom. The maximum Gasteiger partial charge on any atom is 0.241 e. The van der Waals surface area contributed by atoms with Crippen molar-refractivity contribution < 1.29 is 32.5 Å². The highest BCUT2D eigenvalue weighted by Crippen LogP contribution is 2.34. The zero-order chi connectivity index (χ0) is 21.3. The highest BCUT2D eigenvalue weighted by Gasteiger charge is 2.50. The standard InChI is InChI=1S/C21H25NO7S/c1-13-8-10-15(11-9-13)30(24,25)22-17-18(23)19-16(28-21(17)26-2)12-27-20(29-19)14-6-4-3-5-7-14/h3-11,16-23H,12H2,1-2H3/t16?,17?,18-,19+,20?,21-/m0/s1. The molecule has 3 unspecified atom stereocenters. The fourth-order valence-corrected chi connectivity index (χ4v) is 4.90. The molecule has 0 spiro atoms.